The Bertz CT molecular complexity index is 1140. The van der Waals surface area contributed by atoms with Crippen LogP contribution in [0.1, 0.15) is 18.3 Å². The molecule has 0 bridgehead atoms. The molecule has 0 saturated carbocycles. The lowest BCUT2D eigenvalue weighted by Crippen LogP contribution is -2.10. The van der Waals surface area contributed by atoms with E-state index in [0.717, 1.165) is 22.5 Å². The second kappa shape index (κ2) is 10.2. The molecule has 160 valence electrons. The molecule has 32 heavy (non-hydrogen) atoms. The second-order valence-electron chi connectivity index (χ2n) is 7.03. The summed E-state index contributed by atoms with van der Waals surface area (Å²) in [5.74, 6) is 1.35. The lowest BCUT2D eigenvalue weighted by atomic mass is 10.1. The predicted molar refractivity (Wildman–Crippen MR) is 127 cm³/mol. The fourth-order valence-corrected chi connectivity index (χ4v) is 3.21. The summed E-state index contributed by atoms with van der Waals surface area (Å²) in [5, 5.41) is 14.4. The lowest BCUT2D eigenvalue weighted by Gasteiger charge is -2.09. The first kappa shape index (κ1) is 21.1. The molecule has 4 aromatic rings. The van der Waals surface area contributed by atoms with Gasteiger partial charge in [0.15, 0.2) is 0 Å². The van der Waals surface area contributed by atoms with Crippen molar-refractivity contribution in [3.05, 3.63) is 96.3 Å². The SMILES string of the molecule is CCOc1ccc(/C=N/NCc2nc(-c3ccccc3)cc(-c3ccccc3)n2)c(O)c1. The largest absolute Gasteiger partial charge is 0.507 e. The highest BCUT2D eigenvalue weighted by atomic mass is 16.5. The predicted octanol–water partition coefficient (Wildman–Crippen LogP) is 5.04. The average Bonchev–Trinajstić information content (AvgIpc) is 2.84. The number of phenols is 1. The molecule has 1 heterocycles. The first-order valence-corrected chi connectivity index (χ1v) is 10.4. The summed E-state index contributed by atoms with van der Waals surface area (Å²) in [4.78, 5) is 9.42. The molecule has 0 aliphatic carbocycles. The fourth-order valence-electron chi connectivity index (χ4n) is 3.21. The summed E-state index contributed by atoms with van der Waals surface area (Å²) >= 11 is 0. The summed E-state index contributed by atoms with van der Waals surface area (Å²) in [6, 6.07) is 27.2. The molecule has 6 nitrogen and oxygen atoms in total. The molecule has 0 aliphatic heterocycles. The summed E-state index contributed by atoms with van der Waals surface area (Å²) < 4.78 is 5.38. The minimum Gasteiger partial charge on any atom is -0.507 e. The van der Waals surface area contributed by atoms with Gasteiger partial charge in [0, 0.05) is 22.8 Å². The smallest absolute Gasteiger partial charge is 0.150 e. The van der Waals surface area contributed by atoms with E-state index < -0.39 is 0 Å². The third-order valence-corrected chi connectivity index (χ3v) is 4.76. The van der Waals surface area contributed by atoms with Gasteiger partial charge in [0.2, 0.25) is 0 Å². The number of hydrogen-bond donors (Lipinski definition) is 2. The normalized spacial score (nSPS) is 10.9. The van der Waals surface area contributed by atoms with E-state index in [1.165, 1.54) is 0 Å². The fraction of sp³-hybridized carbons (Fsp3) is 0.115. The van der Waals surface area contributed by atoms with Crippen molar-refractivity contribution in [2.75, 3.05) is 6.61 Å². The van der Waals surface area contributed by atoms with Crippen LogP contribution in [-0.2, 0) is 6.54 Å². The molecule has 0 spiro atoms. The van der Waals surface area contributed by atoms with Crippen LogP contribution in [0.15, 0.2) is 90.0 Å². The minimum atomic E-state index is 0.107. The third kappa shape index (κ3) is 5.29. The number of nitrogens with one attached hydrogen (secondary N) is 1. The molecule has 6 heteroatoms. The minimum absolute atomic E-state index is 0.107. The van der Waals surface area contributed by atoms with Crippen LogP contribution in [0.2, 0.25) is 0 Å². The molecule has 0 aliphatic rings. The number of aromatic nitrogens is 2. The highest BCUT2D eigenvalue weighted by Crippen LogP contribution is 2.24. The van der Waals surface area contributed by atoms with Gasteiger partial charge < -0.3 is 15.3 Å². The van der Waals surface area contributed by atoms with Crippen molar-refractivity contribution in [2.24, 2.45) is 5.10 Å². The zero-order valence-corrected chi connectivity index (χ0v) is 17.8. The van der Waals surface area contributed by atoms with Crippen LogP contribution in [0.5, 0.6) is 11.5 Å². The Hall–Kier alpha value is -4.19. The molecule has 3 aromatic carbocycles. The van der Waals surface area contributed by atoms with Gasteiger partial charge in [-0.2, -0.15) is 5.10 Å². The second-order valence-corrected chi connectivity index (χ2v) is 7.03. The van der Waals surface area contributed by atoms with Crippen LogP contribution in [0.4, 0.5) is 0 Å². The van der Waals surface area contributed by atoms with Gasteiger partial charge in [-0.05, 0) is 25.1 Å². The van der Waals surface area contributed by atoms with Gasteiger partial charge in [-0.1, -0.05) is 60.7 Å². The molecule has 0 unspecified atom stereocenters. The number of hydrogen-bond acceptors (Lipinski definition) is 6. The van der Waals surface area contributed by atoms with Gasteiger partial charge in [-0.15, -0.1) is 0 Å². The van der Waals surface area contributed by atoms with E-state index in [4.69, 9.17) is 14.7 Å². The average molecular weight is 425 g/mol. The van der Waals surface area contributed by atoms with Gasteiger partial charge in [0.05, 0.1) is 30.8 Å². The topological polar surface area (TPSA) is 79.6 Å². The van der Waals surface area contributed by atoms with E-state index in [2.05, 4.69) is 10.5 Å². The van der Waals surface area contributed by atoms with Crippen molar-refractivity contribution in [1.82, 2.24) is 15.4 Å². The monoisotopic (exact) mass is 424 g/mol. The standard InChI is InChI=1S/C26H24N4O2/c1-2-32-22-14-13-21(25(31)15-22)17-27-28-18-26-29-23(19-9-5-3-6-10-19)16-24(30-26)20-11-7-4-8-12-20/h3-17,28,31H,2,18H2,1H3/b27-17+. The summed E-state index contributed by atoms with van der Waals surface area (Å²) in [6.45, 7) is 2.78. The Morgan fingerprint density at radius 1 is 0.875 bits per heavy atom. The van der Waals surface area contributed by atoms with Crippen molar-refractivity contribution in [1.29, 1.82) is 0 Å². The number of ether oxygens (including phenoxy) is 1. The third-order valence-electron chi connectivity index (χ3n) is 4.76. The van der Waals surface area contributed by atoms with Crippen molar-refractivity contribution in [3.63, 3.8) is 0 Å². The van der Waals surface area contributed by atoms with E-state index in [1.807, 2.05) is 73.7 Å². The number of benzene rings is 3. The molecule has 0 amide bonds. The van der Waals surface area contributed by atoms with Crippen molar-refractivity contribution in [2.45, 2.75) is 13.5 Å². The Morgan fingerprint density at radius 3 is 2.06 bits per heavy atom. The van der Waals surface area contributed by atoms with Crippen LogP contribution in [0.25, 0.3) is 22.5 Å². The highest BCUT2D eigenvalue weighted by Gasteiger charge is 2.08. The van der Waals surface area contributed by atoms with E-state index >= 15 is 0 Å². The van der Waals surface area contributed by atoms with Crippen molar-refractivity contribution in [3.8, 4) is 34.0 Å². The Balaban J connectivity index is 1.53. The maximum absolute atomic E-state index is 10.1. The molecule has 0 fully saturated rings. The van der Waals surface area contributed by atoms with E-state index in [1.54, 1.807) is 24.4 Å². The van der Waals surface area contributed by atoms with Crippen molar-refractivity contribution >= 4 is 6.21 Å². The van der Waals surface area contributed by atoms with Crippen LogP contribution >= 0.6 is 0 Å². The summed E-state index contributed by atoms with van der Waals surface area (Å²) in [7, 11) is 0. The number of hydrazone groups is 1. The van der Waals surface area contributed by atoms with Gasteiger partial charge >= 0.3 is 0 Å². The van der Waals surface area contributed by atoms with Crippen LogP contribution in [0, 0.1) is 0 Å². The molecule has 0 atom stereocenters. The summed E-state index contributed by atoms with van der Waals surface area (Å²) in [5.41, 5.74) is 7.32. The Labute approximate surface area is 187 Å². The molecular formula is C26H24N4O2. The molecule has 0 saturated heterocycles. The molecule has 1 aromatic heterocycles. The summed E-state index contributed by atoms with van der Waals surface area (Å²) in [6.07, 6.45) is 1.56. The van der Waals surface area contributed by atoms with Crippen molar-refractivity contribution < 1.29 is 9.84 Å². The first-order valence-electron chi connectivity index (χ1n) is 10.4. The zero-order valence-electron chi connectivity index (χ0n) is 17.8. The maximum atomic E-state index is 10.1. The molecule has 0 radical (unpaired) electrons. The first-order chi connectivity index (χ1) is 15.7. The Morgan fingerprint density at radius 2 is 1.50 bits per heavy atom. The maximum Gasteiger partial charge on any atom is 0.150 e. The molecule has 2 N–H and O–H groups in total. The zero-order chi connectivity index (χ0) is 22.2. The highest BCUT2D eigenvalue weighted by molar-refractivity contribution is 5.83. The van der Waals surface area contributed by atoms with E-state index in [9.17, 15) is 5.11 Å². The quantitative estimate of drug-likeness (QED) is 0.306. The van der Waals surface area contributed by atoms with E-state index in [-0.39, 0.29) is 5.75 Å². The lowest BCUT2D eigenvalue weighted by molar-refractivity contribution is 0.337. The van der Waals surface area contributed by atoms with Crippen LogP contribution in [0.3, 0.4) is 0 Å². The number of rotatable bonds is 8. The van der Waals surface area contributed by atoms with Crippen LogP contribution < -0.4 is 10.2 Å². The van der Waals surface area contributed by atoms with Gasteiger partial charge in [0.25, 0.3) is 0 Å². The van der Waals surface area contributed by atoms with Gasteiger partial charge in [0.1, 0.15) is 17.3 Å². The number of phenolic OH excluding ortho intramolecular Hbond substituents is 1. The number of aromatic hydroxyl groups is 1. The Kier molecular flexibility index (Phi) is 6.72. The molecule has 4 rings (SSSR count). The number of nitrogens with zero attached hydrogens (tertiary/aromatic N) is 3. The van der Waals surface area contributed by atoms with Gasteiger partial charge in [-0.25, -0.2) is 9.97 Å². The van der Waals surface area contributed by atoms with Gasteiger partial charge in [-0.3, -0.25) is 0 Å². The molecular weight excluding hydrogens is 400 g/mol. The van der Waals surface area contributed by atoms with E-state index in [0.29, 0.717) is 30.3 Å². The van der Waals surface area contributed by atoms with Crippen LogP contribution in [-0.4, -0.2) is 27.9 Å².